The molecule has 2 saturated heterocycles. The van der Waals surface area contributed by atoms with Crippen LogP contribution < -0.4 is 5.32 Å². The summed E-state index contributed by atoms with van der Waals surface area (Å²) in [6, 6.07) is 0.324. The van der Waals surface area contributed by atoms with Crippen molar-refractivity contribution in [1.82, 2.24) is 10.2 Å². The number of esters is 1. The van der Waals surface area contributed by atoms with E-state index in [0.717, 1.165) is 39.0 Å². The van der Waals surface area contributed by atoms with Gasteiger partial charge in [-0.05, 0) is 26.2 Å². The normalized spacial score (nSPS) is 33.1. The van der Waals surface area contributed by atoms with Gasteiger partial charge in [-0.2, -0.15) is 0 Å². The first-order valence-corrected chi connectivity index (χ1v) is 7.51. The van der Waals surface area contributed by atoms with Crippen molar-refractivity contribution in [2.24, 2.45) is 0 Å². The number of carbonyl (C=O) groups excluding carboxylic acids is 1. The molecule has 0 spiro atoms. The molecule has 1 N–H and O–H groups in total. The number of nitrogens with one attached hydrogen (secondary N) is 1. The Balaban J connectivity index is 2.00. The topological polar surface area (TPSA) is 50.8 Å². The maximum atomic E-state index is 12.1. The Morgan fingerprint density at radius 3 is 3.05 bits per heavy atom. The first kappa shape index (κ1) is 14.8. The van der Waals surface area contributed by atoms with Gasteiger partial charge in [0, 0.05) is 32.3 Å². The van der Waals surface area contributed by atoms with Crippen molar-refractivity contribution in [3.05, 3.63) is 0 Å². The number of hydrogen-bond acceptors (Lipinski definition) is 5. The molecule has 0 radical (unpaired) electrons. The fraction of sp³-hybridized carbons (Fsp3) is 0.929. The molecule has 5 nitrogen and oxygen atoms in total. The second-order valence-electron chi connectivity index (χ2n) is 5.29. The molecule has 0 aliphatic carbocycles. The van der Waals surface area contributed by atoms with Gasteiger partial charge in [-0.25, -0.2) is 0 Å². The second kappa shape index (κ2) is 7.22. The van der Waals surface area contributed by atoms with Crippen molar-refractivity contribution >= 4 is 5.97 Å². The number of nitrogens with zero attached hydrogens (tertiary/aromatic N) is 1. The maximum absolute atomic E-state index is 12.1. The highest BCUT2D eigenvalue weighted by Crippen LogP contribution is 2.24. The predicted molar refractivity (Wildman–Crippen MR) is 73.0 cm³/mol. The average molecular weight is 270 g/mol. The quantitative estimate of drug-likeness (QED) is 0.765. The van der Waals surface area contributed by atoms with E-state index in [1.54, 1.807) is 0 Å². The van der Waals surface area contributed by atoms with Crippen LogP contribution in [0.3, 0.4) is 0 Å². The zero-order valence-corrected chi connectivity index (χ0v) is 12.1. The molecule has 3 atom stereocenters. The van der Waals surface area contributed by atoms with Gasteiger partial charge in [0.25, 0.3) is 0 Å². The number of piperazine rings is 1. The third-order valence-electron chi connectivity index (χ3n) is 4.11. The fourth-order valence-electron chi connectivity index (χ4n) is 3.06. The number of hydrogen-bond donors (Lipinski definition) is 1. The van der Waals surface area contributed by atoms with Gasteiger partial charge in [0.1, 0.15) is 6.04 Å². The summed E-state index contributed by atoms with van der Waals surface area (Å²) in [5.41, 5.74) is 0. The zero-order valence-electron chi connectivity index (χ0n) is 12.1. The highest BCUT2D eigenvalue weighted by atomic mass is 16.5. The molecule has 19 heavy (non-hydrogen) atoms. The van der Waals surface area contributed by atoms with Crippen molar-refractivity contribution in [1.29, 1.82) is 0 Å². The van der Waals surface area contributed by atoms with Gasteiger partial charge >= 0.3 is 5.97 Å². The average Bonchev–Trinajstić information content (AvgIpc) is 2.47. The van der Waals surface area contributed by atoms with E-state index in [9.17, 15) is 4.79 Å². The molecule has 2 fully saturated rings. The Hall–Kier alpha value is -0.650. The van der Waals surface area contributed by atoms with Gasteiger partial charge < -0.3 is 14.8 Å². The molecule has 2 aliphatic heterocycles. The predicted octanol–water partition coefficient (Wildman–Crippen LogP) is 0.781. The molecular weight excluding hydrogens is 244 g/mol. The molecule has 2 heterocycles. The molecule has 110 valence electrons. The first-order chi connectivity index (χ1) is 9.26. The van der Waals surface area contributed by atoms with Crippen LogP contribution in [0.25, 0.3) is 0 Å². The molecular formula is C14H26N2O3. The Morgan fingerprint density at radius 2 is 2.32 bits per heavy atom. The Morgan fingerprint density at radius 1 is 1.47 bits per heavy atom. The van der Waals surface area contributed by atoms with E-state index < -0.39 is 0 Å². The van der Waals surface area contributed by atoms with E-state index in [4.69, 9.17) is 9.47 Å². The molecule has 0 saturated carbocycles. The summed E-state index contributed by atoms with van der Waals surface area (Å²) in [4.78, 5) is 14.4. The largest absolute Gasteiger partial charge is 0.465 e. The van der Waals surface area contributed by atoms with Crippen LogP contribution >= 0.6 is 0 Å². The smallest absolute Gasteiger partial charge is 0.324 e. The first-order valence-electron chi connectivity index (χ1n) is 7.51. The fourth-order valence-corrected chi connectivity index (χ4v) is 3.06. The van der Waals surface area contributed by atoms with Gasteiger partial charge in [-0.3, -0.25) is 9.69 Å². The molecule has 3 unspecified atom stereocenters. The van der Waals surface area contributed by atoms with Crippen LogP contribution in [0.15, 0.2) is 0 Å². The standard InChI is InChI=1S/C14H26N2O3/c1-3-12-9-11(5-8-19-12)16-7-6-15-10-13(16)14(17)18-4-2/h11-13,15H,3-10H2,1-2H3. The van der Waals surface area contributed by atoms with Crippen LogP contribution in [0.4, 0.5) is 0 Å². The highest BCUT2D eigenvalue weighted by molar-refractivity contribution is 5.76. The summed E-state index contributed by atoms with van der Waals surface area (Å²) in [6.45, 7) is 7.85. The maximum Gasteiger partial charge on any atom is 0.324 e. The zero-order chi connectivity index (χ0) is 13.7. The van der Waals surface area contributed by atoms with E-state index in [1.165, 1.54) is 0 Å². The number of ether oxygens (including phenoxy) is 2. The van der Waals surface area contributed by atoms with Gasteiger partial charge in [0.2, 0.25) is 0 Å². The van der Waals surface area contributed by atoms with Crippen molar-refractivity contribution < 1.29 is 14.3 Å². The van der Waals surface area contributed by atoms with Crippen LogP contribution in [0, 0.1) is 0 Å². The van der Waals surface area contributed by atoms with Crippen molar-refractivity contribution in [2.75, 3.05) is 32.8 Å². The molecule has 2 aliphatic rings. The van der Waals surface area contributed by atoms with Crippen LogP contribution in [0.5, 0.6) is 0 Å². The van der Waals surface area contributed by atoms with Gasteiger partial charge in [0.05, 0.1) is 12.7 Å². The van der Waals surface area contributed by atoms with Crippen molar-refractivity contribution in [3.8, 4) is 0 Å². The number of carbonyl (C=O) groups is 1. The second-order valence-corrected chi connectivity index (χ2v) is 5.29. The lowest BCUT2D eigenvalue weighted by molar-refractivity contribution is -0.153. The SMILES string of the molecule is CCOC(=O)C1CNCCN1C1CCOC(CC)C1. The minimum atomic E-state index is -0.130. The molecule has 0 aromatic heterocycles. The Labute approximate surface area is 115 Å². The van der Waals surface area contributed by atoms with E-state index >= 15 is 0 Å². The molecule has 0 bridgehead atoms. The Kier molecular flexibility index (Phi) is 5.60. The molecule has 0 aromatic carbocycles. The summed E-state index contributed by atoms with van der Waals surface area (Å²) in [5.74, 6) is -0.0887. The summed E-state index contributed by atoms with van der Waals surface area (Å²) >= 11 is 0. The van der Waals surface area contributed by atoms with Crippen LogP contribution in [-0.4, -0.2) is 61.9 Å². The van der Waals surface area contributed by atoms with Crippen LogP contribution in [-0.2, 0) is 14.3 Å². The summed E-state index contributed by atoms with van der Waals surface area (Å²) < 4.78 is 10.9. The van der Waals surface area contributed by atoms with Gasteiger partial charge in [-0.1, -0.05) is 6.92 Å². The third kappa shape index (κ3) is 3.68. The monoisotopic (exact) mass is 270 g/mol. The lowest BCUT2D eigenvalue weighted by Gasteiger charge is -2.43. The van der Waals surface area contributed by atoms with Gasteiger partial charge in [0.15, 0.2) is 0 Å². The molecule has 2 rings (SSSR count). The minimum absolute atomic E-state index is 0.0887. The highest BCUT2D eigenvalue weighted by Gasteiger charge is 2.36. The Bertz CT molecular complexity index is 298. The lowest BCUT2D eigenvalue weighted by Crippen LogP contribution is -2.60. The van der Waals surface area contributed by atoms with Crippen molar-refractivity contribution in [2.45, 2.75) is 51.3 Å². The third-order valence-corrected chi connectivity index (χ3v) is 4.11. The van der Waals surface area contributed by atoms with E-state index in [-0.39, 0.29) is 12.0 Å². The molecule has 0 aromatic rings. The van der Waals surface area contributed by atoms with Gasteiger partial charge in [-0.15, -0.1) is 0 Å². The molecule has 0 amide bonds. The van der Waals surface area contributed by atoms with E-state index in [1.807, 2.05) is 6.92 Å². The minimum Gasteiger partial charge on any atom is -0.465 e. The van der Waals surface area contributed by atoms with Crippen LogP contribution in [0.1, 0.15) is 33.1 Å². The van der Waals surface area contributed by atoms with Crippen LogP contribution in [0.2, 0.25) is 0 Å². The summed E-state index contributed by atoms with van der Waals surface area (Å²) in [5, 5.41) is 3.29. The van der Waals surface area contributed by atoms with E-state index in [0.29, 0.717) is 25.3 Å². The van der Waals surface area contributed by atoms with E-state index in [2.05, 4.69) is 17.1 Å². The van der Waals surface area contributed by atoms with Crippen molar-refractivity contribution in [3.63, 3.8) is 0 Å². The number of rotatable bonds is 4. The molecule has 5 heteroatoms. The summed E-state index contributed by atoms with van der Waals surface area (Å²) in [7, 11) is 0. The lowest BCUT2D eigenvalue weighted by atomic mass is 9.97. The summed E-state index contributed by atoms with van der Waals surface area (Å²) in [6.07, 6.45) is 3.45.